The van der Waals surface area contributed by atoms with Gasteiger partial charge in [-0.05, 0) is 49.6 Å². The highest BCUT2D eigenvalue weighted by molar-refractivity contribution is 7.10. The van der Waals surface area contributed by atoms with E-state index in [1.54, 1.807) is 23.7 Å². The van der Waals surface area contributed by atoms with Crippen LogP contribution in [0.3, 0.4) is 0 Å². The summed E-state index contributed by atoms with van der Waals surface area (Å²) >= 11 is 1.53. The highest BCUT2D eigenvalue weighted by Gasteiger charge is 2.35. The molecule has 138 valence electrons. The number of aromatic nitrogens is 3. The van der Waals surface area contributed by atoms with Crippen LogP contribution >= 0.6 is 11.3 Å². The number of halogens is 1. The topological polar surface area (TPSA) is 69.0 Å². The summed E-state index contributed by atoms with van der Waals surface area (Å²) in [6.45, 7) is 3.89. The van der Waals surface area contributed by atoms with E-state index < -0.39 is 6.04 Å². The van der Waals surface area contributed by atoms with Crippen LogP contribution in [0.4, 0.5) is 10.3 Å². The summed E-state index contributed by atoms with van der Waals surface area (Å²) in [4.78, 5) is 18.1. The van der Waals surface area contributed by atoms with Gasteiger partial charge in [0.15, 0.2) is 5.82 Å². The number of fused-ring (bicyclic) bond motifs is 1. The van der Waals surface area contributed by atoms with Crippen molar-refractivity contribution in [2.45, 2.75) is 19.9 Å². The molecule has 0 fully saturated rings. The van der Waals surface area contributed by atoms with Gasteiger partial charge in [-0.2, -0.15) is 4.98 Å². The molecular formula is C19H17FN4O2S. The van der Waals surface area contributed by atoms with Crippen LogP contribution in [0, 0.1) is 5.82 Å². The van der Waals surface area contributed by atoms with Gasteiger partial charge < -0.3 is 10.1 Å². The number of benzene rings is 1. The summed E-state index contributed by atoms with van der Waals surface area (Å²) in [6.07, 6.45) is 0. The Hall–Kier alpha value is -3.00. The van der Waals surface area contributed by atoms with Crippen molar-refractivity contribution < 1.29 is 13.9 Å². The SMILES string of the molecule is CCOC(=O)C1=C(C)Nc2nc(-c3ccc(F)cc3)nn2C1c1cccs1. The first-order valence-electron chi connectivity index (χ1n) is 8.49. The van der Waals surface area contributed by atoms with Crippen LogP contribution in [-0.2, 0) is 9.53 Å². The van der Waals surface area contributed by atoms with Crippen LogP contribution in [0.1, 0.15) is 24.8 Å². The number of esters is 1. The lowest BCUT2D eigenvalue weighted by atomic mass is 10.0. The molecule has 8 heteroatoms. The maximum absolute atomic E-state index is 13.2. The normalized spacial score (nSPS) is 16.0. The molecule has 4 rings (SSSR count). The smallest absolute Gasteiger partial charge is 0.338 e. The molecule has 0 aliphatic carbocycles. The lowest BCUT2D eigenvalue weighted by Crippen LogP contribution is -2.29. The Labute approximate surface area is 159 Å². The average molecular weight is 384 g/mol. The van der Waals surface area contributed by atoms with Crippen molar-refractivity contribution >= 4 is 23.3 Å². The maximum atomic E-state index is 13.2. The van der Waals surface area contributed by atoms with Crippen molar-refractivity contribution in [2.24, 2.45) is 0 Å². The van der Waals surface area contributed by atoms with E-state index >= 15 is 0 Å². The monoisotopic (exact) mass is 384 g/mol. The van der Waals surface area contributed by atoms with E-state index in [1.807, 2.05) is 24.4 Å². The van der Waals surface area contributed by atoms with Gasteiger partial charge in [-0.25, -0.2) is 13.9 Å². The number of hydrogen-bond donors (Lipinski definition) is 1. The minimum absolute atomic E-state index is 0.290. The van der Waals surface area contributed by atoms with Crippen molar-refractivity contribution in [1.29, 1.82) is 0 Å². The molecule has 6 nitrogen and oxygen atoms in total. The van der Waals surface area contributed by atoms with Gasteiger partial charge in [0.25, 0.3) is 0 Å². The number of carbonyl (C=O) groups is 1. The van der Waals surface area contributed by atoms with Gasteiger partial charge >= 0.3 is 5.97 Å². The Kier molecular flexibility index (Phi) is 4.49. The molecule has 1 atom stereocenters. The predicted molar refractivity (Wildman–Crippen MR) is 101 cm³/mol. The Morgan fingerprint density at radius 2 is 2.11 bits per heavy atom. The Balaban J connectivity index is 1.82. The Bertz CT molecular complexity index is 1010. The minimum atomic E-state index is -0.429. The Morgan fingerprint density at radius 1 is 1.33 bits per heavy atom. The molecule has 1 aromatic carbocycles. The predicted octanol–water partition coefficient (Wildman–Crippen LogP) is 4.00. The molecular weight excluding hydrogens is 367 g/mol. The zero-order valence-electron chi connectivity index (χ0n) is 14.8. The van der Waals surface area contributed by atoms with Gasteiger partial charge in [-0.3, -0.25) is 0 Å². The lowest BCUT2D eigenvalue weighted by Gasteiger charge is -2.27. The molecule has 0 saturated carbocycles. The summed E-state index contributed by atoms with van der Waals surface area (Å²) in [5, 5.41) is 9.69. The second kappa shape index (κ2) is 6.96. The van der Waals surface area contributed by atoms with Crippen LogP contribution in [0.15, 0.2) is 53.0 Å². The number of allylic oxidation sites excluding steroid dienone is 1. The molecule has 0 amide bonds. The van der Waals surface area contributed by atoms with Crippen molar-refractivity contribution in [3.63, 3.8) is 0 Å². The van der Waals surface area contributed by atoms with Crippen molar-refractivity contribution in [3.8, 4) is 11.4 Å². The lowest BCUT2D eigenvalue weighted by molar-refractivity contribution is -0.139. The summed E-state index contributed by atoms with van der Waals surface area (Å²) in [7, 11) is 0. The molecule has 27 heavy (non-hydrogen) atoms. The summed E-state index contributed by atoms with van der Waals surface area (Å²) in [5.41, 5.74) is 1.88. The second-order valence-electron chi connectivity index (χ2n) is 6.01. The van der Waals surface area contributed by atoms with E-state index in [-0.39, 0.29) is 18.4 Å². The number of anilines is 1. The summed E-state index contributed by atoms with van der Waals surface area (Å²) in [5.74, 6) is 0.278. The van der Waals surface area contributed by atoms with Crippen molar-refractivity contribution in [3.05, 3.63) is 63.7 Å². The van der Waals surface area contributed by atoms with E-state index in [0.29, 0.717) is 28.6 Å². The van der Waals surface area contributed by atoms with Gasteiger partial charge in [-0.15, -0.1) is 16.4 Å². The van der Waals surface area contributed by atoms with Gasteiger partial charge in [-0.1, -0.05) is 6.07 Å². The van der Waals surface area contributed by atoms with E-state index in [4.69, 9.17) is 4.74 Å². The molecule has 3 heterocycles. The quantitative estimate of drug-likeness (QED) is 0.689. The molecule has 0 spiro atoms. The maximum Gasteiger partial charge on any atom is 0.338 e. The number of nitrogens with one attached hydrogen (secondary N) is 1. The van der Waals surface area contributed by atoms with Gasteiger partial charge in [0.2, 0.25) is 5.95 Å². The number of nitrogens with zero attached hydrogens (tertiary/aromatic N) is 3. The summed E-state index contributed by atoms with van der Waals surface area (Å²) in [6, 6.07) is 9.45. The fourth-order valence-corrected chi connectivity index (χ4v) is 3.87. The molecule has 0 saturated heterocycles. The number of carbonyl (C=O) groups excluding carboxylic acids is 1. The van der Waals surface area contributed by atoms with E-state index in [2.05, 4.69) is 15.4 Å². The van der Waals surface area contributed by atoms with E-state index in [9.17, 15) is 9.18 Å². The third kappa shape index (κ3) is 3.12. The molecule has 2 aromatic heterocycles. The molecule has 0 radical (unpaired) electrons. The Morgan fingerprint density at radius 3 is 2.78 bits per heavy atom. The molecule has 0 bridgehead atoms. The first-order valence-corrected chi connectivity index (χ1v) is 9.37. The highest BCUT2D eigenvalue weighted by Crippen LogP contribution is 2.38. The third-order valence-corrected chi connectivity index (χ3v) is 5.19. The van der Waals surface area contributed by atoms with Crippen molar-refractivity contribution in [1.82, 2.24) is 14.8 Å². The van der Waals surface area contributed by atoms with Crippen LogP contribution in [0.25, 0.3) is 11.4 Å². The van der Waals surface area contributed by atoms with Gasteiger partial charge in [0.05, 0.1) is 12.2 Å². The third-order valence-electron chi connectivity index (χ3n) is 4.26. The van der Waals surface area contributed by atoms with Crippen LogP contribution < -0.4 is 5.32 Å². The van der Waals surface area contributed by atoms with Crippen molar-refractivity contribution in [2.75, 3.05) is 11.9 Å². The summed E-state index contributed by atoms with van der Waals surface area (Å²) < 4.78 is 20.2. The number of ether oxygens (including phenoxy) is 1. The molecule has 1 aliphatic rings. The van der Waals surface area contributed by atoms with Gasteiger partial charge in [0.1, 0.15) is 11.9 Å². The number of hydrogen-bond acceptors (Lipinski definition) is 6. The fourth-order valence-electron chi connectivity index (χ4n) is 3.06. The molecule has 1 unspecified atom stereocenters. The zero-order valence-corrected chi connectivity index (χ0v) is 15.6. The molecule has 3 aromatic rings. The highest BCUT2D eigenvalue weighted by atomic mass is 32.1. The van der Waals surface area contributed by atoms with Crippen LogP contribution in [-0.4, -0.2) is 27.3 Å². The molecule has 1 N–H and O–H groups in total. The van der Waals surface area contributed by atoms with E-state index in [0.717, 1.165) is 4.88 Å². The zero-order chi connectivity index (χ0) is 19.0. The minimum Gasteiger partial charge on any atom is -0.463 e. The largest absolute Gasteiger partial charge is 0.463 e. The van der Waals surface area contributed by atoms with Crippen LogP contribution in [0.2, 0.25) is 0 Å². The number of thiophene rings is 1. The average Bonchev–Trinajstić information content (AvgIpc) is 3.31. The van der Waals surface area contributed by atoms with Gasteiger partial charge in [0, 0.05) is 16.1 Å². The number of rotatable bonds is 4. The molecule has 1 aliphatic heterocycles. The first kappa shape index (κ1) is 17.4. The van der Waals surface area contributed by atoms with Crippen LogP contribution in [0.5, 0.6) is 0 Å². The second-order valence-corrected chi connectivity index (χ2v) is 6.99. The van der Waals surface area contributed by atoms with E-state index in [1.165, 1.54) is 23.5 Å². The fraction of sp³-hybridized carbons (Fsp3) is 0.211. The first-order chi connectivity index (χ1) is 13.1. The standard InChI is InChI=1S/C19H17FN4O2S/c1-3-26-18(25)15-11(2)21-19-22-17(12-6-8-13(20)9-7-12)23-24(19)16(15)14-5-4-10-27-14/h4-10,16H,3H2,1-2H3,(H,21,22,23).